The zero-order chi connectivity index (χ0) is 10.6. The fourth-order valence-corrected chi connectivity index (χ4v) is 2.33. The summed E-state index contributed by atoms with van der Waals surface area (Å²) in [5.74, 6) is 0.844. The zero-order valence-corrected chi connectivity index (χ0v) is 11.7. The summed E-state index contributed by atoms with van der Waals surface area (Å²) in [6.45, 7) is 3.90. The second kappa shape index (κ2) is 5.93. The van der Waals surface area contributed by atoms with Crippen molar-refractivity contribution in [2.45, 2.75) is 6.92 Å². The van der Waals surface area contributed by atoms with Crippen molar-refractivity contribution in [2.24, 2.45) is 0 Å². The zero-order valence-electron chi connectivity index (χ0n) is 7.80. The molecule has 2 nitrogen and oxygen atoms in total. The molecule has 0 saturated carbocycles. The minimum atomic E-state index is 0.683. The van der Waals surface area contributed by atoms with Gasteiger partial charge in [-0.05, 0) is 28.9 Å². The largest absolute Gasteiger partial charge is 0.355 e. The molecule has 0 aromatic carbocycles. The van der Waals surface area contributed by atoms with Crippen LogP contribution in [0.1, 0.15) is 6.92 Å². The van der Waals surface area contributed by atoms with E-state index in [1.807, 2.05) is 6.07 Å². The molecule has 0 bridgehead atoms. The smallest absolute Gasteiger partial charge is 0.147 e. The molecule has 0 N–H and O–H groups in total. The summed E-state index contributed by atoms with van der Waals surface area (Å²) in [6, 6.07) is 1.86. The van der Waals surface area contributed by atoms with E-state index in [4.69, 9.17) is 11.6 Å². The number of halogens is 3. The number of pyridine rings is 1. The van der Waals surface area contributed by atoms with Gasteiger partial charge in [0.1, 0.15) is 5.82 Å². The molecule has 0 unspecified atom stereocenters. The van der Waals surface area contributed by atoms with Crippen molar-refractivity contribution < 1.29 is 0 Å². The van der Waals surface area contributed by atoms with Crippen molar-refractivity contribution in [2.75, 3.05) is 23.3 Å². The quantitative estimate of drug-likeness (QED) is 0.775. The van der Waals surface area contributed by atoms with E-state index in [1.54, 1.807) is 6.20 Å². The number of hydrogen-bond donors (Lipinski definition) is 0. The lowest BCUT2D eigenvalue weighted by molar-refractivity contribution is 0.854. The van der Waals surface area contributed by atoms with Gasteiger partial charge in [0.15, 0.2) is 0 Å². The molecule has 0 radical (unpaired) electrons. The Balaban J connectivity index is 2.92. The first-order valence-electron chi connectivity index (χ1n) is 4.31. The van der Waals surface area contributed by atoms with E-state index >= 15 is 0 Å². The molecule has 0 amide bonds. The second-order valence-electron chi connectivity index (χ2n) is 2.73. The van der Waals surface area contributed by atoms with Gasteiger partial charge in [0.25, 0.3) is 0 Å². The Morgan fingerprint density at radius 1 is 1.57 bits per heavy atom. The van der Waals surface area contributed by atoms with E-state index in [-0.39, 0.29) is 0 Å². The number of rotatable bonds is 4. The Labute approximate surface area is 106 Å². The highest BCUT2D eigenvalue weighted by atomic mass is 79.9. The van der Waals surface area contributed by atoms with Crippen molar-refractivity contribution in [1.29, 1.82) is 0 Å². The van der Waals surface area contributed by atoms with Crippen LogP contribution in [0.15, 0.2) is 16.7 Å². The molecule has 1 rings (SSSR count). The average molecular weight is 342 g/mol. The first-order valence-corrected chi connectivity index (χ1v) is 6.60. The maximum absolute atomic E-state index is 6.09. The third-order valence-electron chi connectivity index (χ3n) is 1.82. The normalized spacial score (nSPS) is 10.3. The standard InChI is InChI=1S/C9H11Br2ClN2/c1-2-14(4-3-10)9-8(12)5-7(11)6-13-9/h5-6H,2-4H2,1H3. The van der Waals surface area contributed by atoms with Crippen molar-refractivity contribution in [3.63, 3.8) is 0 Å². The first kappa shape index (κ1) is 12.3. The molecule has 0 aliphatic rings. The molecule has 1 aromatic rings. The van der Waals surface area contributed by atoms with Gasteiger partial charge in [0.2, 0.25) is 0 Å². The SMILES string of the molecule is CCN(CCBr)c1ncc(Br)cc1Cl. The maximum atomic E-state index is 6.09. The van der Waals surface area contributed by atoms with Gasteiger partial charge >= 0.3 is 0 Å². The van der Waals surface area contributed by atoms with Gasteiger partial charge in [-0.15, -0.1) is 0 Å². The maximum Gasteiger partial charge on any atom is 0.147 e. The molecule has 0 aliphatic heterocycles. The highest BCUT2D eigenvalue weighted by molar-refractivity contribution is 9.10. The molecule has 0 spiro atoms. The first-order chi connectivity index (χ1) is 6.69. The van der Waals surface area contributed by atoms with E-state index < -0.39 is 0 Å². The van der Waals surface area contributed by atoms with Crippen molar-refractivity contribution in [1.82, 2.24) is 4.98 Å². The Hall–Kier alpha value is 0.200. The van der Waals surface area contributed by atoms with E-state index in [9.17, 15) is 0 Å². The minimum absolute atomic E-state index is 0.683. The third-order valence-corrected chi connectivity index (χ3v) is 2.89. The number of alkyl halides is 1. The summed E-state index contributed by atoms with van der Waals surface area (Å²) in [6.07, 6.45) is 1.76. The summed E-state index contributed by atoms with van der Waals surface area (Å²) in [5.41, 5.74) is 0. The monoisotopic (exact) mass is 340 g/mol. The van der Waals surface area contributed by atoms with Gasteiger partial charge in [0, 0.05) is 29.1 Å². The number of nitrogens with zero attached hydrogens (tertiary/aromatic N) is 2. The van der Waals surface area contributed by atoms with Crippen LogP contribution in [0.3, 0.4) is 0 Å². The molecule has 0 aliphatic carbocycles. The molecule has 0 atom stereocenters. The predicted octanol–water partition coefficient (Wildman–Crippen LogP) is 3.72. The van der Waals surface area contributed by atoms with Gasteiger partial charge in [0.05, 0.1) is 5.02 Å². The molecular weight excluding hydrogens is 331 g/mol. The lowest BCUT2D eigenvalue weighted by Gasteiger charge is -2.21. The minimum Gasteiger partial charge on any atom is -0.355 e. The molecule has 1 heterocycles. The predicted molar refractivity (Wildman–Crippen MR) is 68.6 cm³/mol. The summed E-state index contributed by atoms with van der Waals surface area (Å²) in [4.78, 5) is 6.42. The topological polar surface area (TPSA) is 16.1 Å². The van der Waals surface area contributed by atoms with Gasteiger partial charge in [-0.25, -0.2) is 4.98 Å². The lowest BCUT2D eigenvalue weighted by Crippen LogP contribution is -2.26. The fourth-order valence-electron chi connectivity index (χ4n) is 1.16. The van der Waals surface area contributed by atoms with Crippen LogP contribution >= 0.6 is 43.5 Å². The average Bonchev–Trinajstić information content (AvgIpc) is 2.15. The second-order valence-corrected chi connectivity index (χ2v) is 4.84. The Bertz CT molecular complexity index is 307. The summed E-state index contributed by atoms with van der Waals surface area (Å²) >= 11 is 12.8. The van der Waals surface area contributed by atoms with Gasteiger partial charge in [-0.1, -0.05) is 27.5 Å². The lowest BCUT2D eigenvalue weighted by atomic mass is 10.4. The number of hydrogen-bond acceptors (Lipinski definition) is 2. The third kappa shape index (κ3) is 3.11. The molecule has 14 heavy (non-hydrogen) atoms. The van der Waals surface area contributed by atoms with E-state index in [1.165, 1.54) is 0 Å². The van der Waals surface area contributed by atoms with Crippen LogP contribution in [0, 0.1) is 0 Å². The van der Waals surface area contributed by atoms with Crippen LogP contribution in [-0.4, -0.2) is 23.4 Å². The van der Waals surface area contributed by atoms with Crippen LogP contribution in [0.4, 0.5) is 5.82 Å². The van der Waals surface area contributed by atoms with Crippen LogP contribution < -0.4 is 4.90 Å². The highest BCUT2D eigenvalue weighted by Gasteiger charge is 2.09. The molecule has 78 valence electrons. The van der Waals surface area contributed by atoms with Crippen molar-refractivity contribution in [3.8, 4) is 0 Å². The summed E-state index contributed by atoms with van der Waals surface area (Å²) in [5, 5.41) is 1.59. The van der Waals surface area contributed by atoms with E-state index in [2.05, 4.69) is 48.7 Å². The van der Waals surface area contributed by atoms with Gasteiger partial charge < -0.3 is 4.90 Å². The Kier molecular flexibility index (Phi) is 5.20. The highest BCUT2D eigenvalue weighted by Crippen LogP contribution is 2.25. The Morgan fingerprint density at radius 2 is 2.29 bits per heavy atom. The van der Waals surface area contributed by atoms with E-state index in [0.717, 1.165) is 28.7 Å². The van der Waals surface area contributed by atoms with Crippen LogP contribution in [0.5, 0.6) is 0 Å². The van der Waals surface area contributed by atoms with Crippen LogP contribution in [0.2, 0.25) is 5.02 Å². The van der Waals surface area contributed by atoms with Crippen molar-refractivity contribution >= 4 is 49.3 Å². The molecular formula is C9H11Br2ClN2. The molecule has 0 saturated heterocycles. The van der Waals surface area contributed by atoms with Crippen LogP contribution in [0.25, 0.3) is 0 Å². The van der Waals surface area contributed by atoms with Gasteiger partial charge in [-0.2, -0.15) is 0 Å². The Morgan fingerprint density at radius 3 is 2.79 bits per heavy atom. The molecule has 5 heteroatoms. The van der Waals surface area contributed by atoms with E-state index in [0.29, 0.717) is 5.02 Å². The summed E-state index contributed by atoms with van der Waals surface area (Å²) < 4.78 is 0.904. The van der Waals surface area contributed by atoms with Gasteiger partial charge in [-0.3, -0.25) is 0 Å². The molecule has 0 fully saturated rings. The fraction of sp³-hybridized carbons (Fsp3) is 0.444. The summed E-state index contributed by atoms with van der Waals surface area (Å²) in [7, 11) is 0. The number of anilines is 1. The van der Waals surface area contributed by atoms with Crippen LogP contribution in [-0.2, 0) is 0 Å². The molecule has 1 aromatic heterocycles. The number of aromatic nitrogens is 1. The van der Waals surface area contributed by atoms with Crippen molar-refractivity contribution in [3.05, 3.63) is 21.8 Å².